The normalized spacial score (nSPS) is 36.7. The largest absolute Gasteiger partial charge is 0.508 e. The highest BCUT2D eigenvalue weighted by molar-refractivity contribution is 6.00. The van der Waals surface area contributed by atoms with Crippen LogP contribution < -0.4 is 5.32 Å². The first-order chi connectivity index (χ1) is 20.2. The van der Waals surface area contributed by atoms with Crippen LogP contribution >= 0.6 is 0 Å². The molecule has 3 unspecified atom stereocenters. The van der Waals surface area contributed by atoms with Gasteiger partial charge in [0.05, 0.1) is 32.3 Å². The number of nitrogens with one attached hydrogen (secondary N) is 1. The van der Waals surface area contributed by atoms with Crippen molar-refractivity contribution in [2.24, 2.45) is 17.3 Å². The first-order valence-electron chi connectivity index (χ1n) is 15.2. The van der Waals surface area contributed by atoms with E-state index < -0.39 is 40.9 Å². The molecule has 232 valence electrons. The summed E-state index contributed by atoms with van der Waals surface area (Å²) >= 11 is 0. The molecule has 0 radical (unpaired) electrons. The highest BCUT2D eigenvalue weighted by Gasteiger charge is 2.72. The van der Waals surface area contributed by atoms with Gasteiger partial charge in [0.2, 0.25) is 5.72 Å². The van der Waals surface area contributed by atoms with Crippen molar-refractivity contribution in [3.05, 3.63) is 64.4 Å². The Bertz CT molecular complexity index is 1420. The maximum Gasteiger partial charge on any atom is 0.421 e. The van der Waals surface area contributed by atoms with Crippen molar-refractivity contribution in [3.8, 4) is 0 Å². The van der Waals surface area contributed by atoms with Crippen molar-refractivity contribution in [2.75, 3.05) is 20.1 Å². The Kier molecular flexibility index (Phi) is 7.12. The van der Waals surface area contributed by atoms with Gasteiger partial charge in [-0.3, -0.25) is 9.59 Å². The Morgan fingerprint density at radius 1 is 1.23 bits per heavy atom. The molecule has 2 saturated heterocycles. The van der Waals surface area contributed by atoms with E-state index in [1.807, 2.05) is 0 Å². The Hall–Kier alpha value is -3.11. The van der Waals surface area contributed by atoms with Crippen LogP contribution in [0.15, 0.2) is 58.9 Å². The molecular weight excluding hydrogens is 561 g/mol. The topological polar surface area (TPSA) is 84.9 Å². The Balaban J connectivity index is 1.45. The Morgan fingerprint density at radius 3 is 2.60 bits per heavy atom. The minimum Gasteiger partial charge on any atom is -0.508 e. The van der Waals surface area contributed by atoms with E-state index in [1.54, 1.807) is 18.2 Å². The van der Waals surface area contributed by atoms with Crippen LogP contribution in [0.4, 0.5) is 13.2 Å². The summed E-state index contributed by atoms with van der Waals surface area (Å²) in [6.45, 7) is 7.46. The molecule has 5 aliphatic rings. The number of allylic oxidation sites excluding steroid dienone is 1. The van der Waals surface area contributed by atoms with Crippen LogP contribution in [0.2, 0.25) is 0 Å². The number of esters is 1. The van der Waals surface area contributed by atoms with E-state index in [0.717, 1.165) is 67.4 Å². The molecule has 2 aliphatic heterocycles. The number of likely N-dealkylation sites (tertiary alicyclic amines) is 1. The number of piperidine rings is 1. The maximum absolute atomic E-state index is 14.3. The van der Waals surface area contributed by atoms with Gasteiger partial charge in [-0.1, -0.05) is 50.6 Å². The van der Waals surface area contributed by atoms with Crippen LogP contribution in [-0.2, 0) is 19.1 Å². The third kappa shape index (κ3) is 4.72. The van der Waals surface area contributed by atoms with Crippen molar-refractivity contribution < 1.29 is 41.8 Å². The summed E-state index contributed by atoms with van der Waals surface area (Å²) in [5, 5.41) is 14.0. The van der Waals surface area contributed by atoms with E-state index in [9.17, 15) is 27.9 Å². The van der Waals surface area contributed by atoms with Crippen LogP contribution in [0.25, 0.3) is 6.08 Å². The molecule has 1 aromatic rings. The third-order valence-corrected chi connectivity index (χ3v) is 10.4. The lowest BCUT2D eigenvalue weighted by atomic mass is 9.49. The minimum atomic E-state index is -5.00. The molecule has 2 N–H and O–H groups in total. The Labute approximate surface area is 250 Å². The number of aliphatic hydroxyl groups is 1. The fraction of sp³-hybridized carbons (Fsp3) is 0.576. The first kappa shape index (κ1) is 29.9. The van der Waals surface area contributed by atoms with Gasteiger partial charge < -0.3 is 24.4 Å². The summed E-state index contributed by atoms with van der Waals surface area (Å²) in [4.78, 5) is 26.1. The van der Waals surface area contributed by atoms with Crippen molar-refractivity contribution in [1.29, 1.82) is 0 Å². The van der Waals surface area contributed by atoms with Crippen LogP contribution in [0.3, 0.4) is 0 Å². The summed E-state index contributed by atoms with van der Waals surface area (Å²) in [6, 6.07) is 7.97. The van der Waals surface area contributed by atoms with Gasteiger partial charge in [-0.2, -0.15) is 13.2 Å². The molecule has 1 aromatic carbocycles. The number of rotatable bonds is 6. The van der Waals surface area contributed by atoms with Crippen LogP contribution in [-0.4, -0.2) is 71.8 Å². The zero-order chi connectivity index (χ0) is 30.9. The molecule has 1 saturated carbocycles. The number of amides is 1. The molecule has 0 aromatic heterocycles. The quantitative estimate of drug-likeness (QED) is 0.192. The van der Waals surface area contributed by atoms with Crippen molar-refractivity contribution in [2.45, 2.75) is 83.0 Å². The average Bonchev–Trinajstić information content (AvgIpc) is 3.25. The van der Waals surface area contributed by atoms with Gasteiger partial charge in [0, 0.05) is 48.7 Å². The molecular formula is C33H40F3N2O5+. The molecule has 6 rings (SSSR count). The van der Waals surface area contributed by atoms with Gasteiger partial charge in [-0.25, -0.2) is 0 Å². The van der Waals surface area contributed by atoms with E-state index >= 15 is 0 Å². The zero-order valence-electron chi connectivity index (χ0n) is 25.0. The third-order valence-electron chi connectivity index (χ3n) is 10.4. The second-order valence-corrected chi connectivity index (χ2v) is 13.6. The summed E-state index contributed by atoms with van der Waals surface area (Å²) in [5.41, 5.74) is -2.35. The van der Waals surface area contributed by atoms with E-state index in [2.05, 4.69) is 26.2 Å². The summed E-state index contributed by atoms with van der Waals surface area (Å²) < 4.78 is 56.2. The fourth-order valence-electron chi connectivity index (χ4n) is 9.16. The van der Waals surface area contributed by atoms with E-state index in [1.165, 1.54) is 18.2 Å². The first-order valence-corrected chi connectivity index (χ1v) is 15.2. The molecule has 3 fully saturated rings. The number of alkyl halides is 3. The molecule has 10 heteroatoms. The van der Waals surface area contributed by atoms with E-state index in [-0.39, 0.29) is 29.4 Å². The number of benzene rings is 1. The van der Waals surface area contributed by atoms with E-state index in [4.69, 9.17) is 9.47 Å². The number of aliphatic hydroxyl groups excluding tert-OH is 1. The predicted molar refractivity (Wildman–Crippen MR) is 153 cm³/mol. The van der Waals surface area contributed by atoms with Gasteiger partial charge in [0.25, 0.3) is 5.91 Å². The van der Waals surface area contributed by atoms with Gasteiger partial charge in [0.15, 0.2) is 0 Å². The molecule has 2 bridgehead atoms. The minimum absolute atomic E-state index is 0.177. The lowest BCUT2D eigenvalue weighted by molar-refractivity contribution is -0.948. The highest BCUT2D eigenvalue weighted by atomic mass is 19.4. The average molecular weight is 602 g/mol. The standard InChI is InChI=1S/C33H39F3N2O5/c1-19(2)18-38(4)14-13-31-23-11-8-12-27(31)42-29-28(31)22(16-25(23)38)26(40)17-32(29,43-20(3)39)37-30(41)24(33(34,35)36)15-21-9-6-5-7-10-21/h5-7,9-10,15,17,19,23,25,27,29H,8,11-14,16,18H2,1-4H3,(H-,37,40,41)/p+1/t23-,25+,27-,29?,31+,32?,38?/m0/s1. The highest BCUT2D eigenvalue weighted by Crippen LogP contribution is 2.67. The molecule has 1 amide bonds. The van der Waals surface area contributed by atoms with Crippen LogP contribution in [0, 0.1) is 17.3 Å². The molecule has 7 nitrogen and oxygen atoms in total. The number of halogens is 3. The van der Waals surface area contributed by atoms with Crippen molar-refractivity contribution in [1.82, 2.24) is 5.32 Å². The van der Waals surface area contributed by atoms with Gasteiger partial charge in [-0.15, -0.1) is 0 Å². The number of carbonyl (C=O) groups excluding carboxylic acids is 2. The number of hydrogen-bond donors (Lipinski definition) is 2. The van der Waals surface area contributed by atoms with Crippen LogP contribution in [0.1, 0.15) is 58.4 Å². The Morgan fingerprint density at radius 2 is 1.95 bits per heavy atom. The lowest BCUT2D eigenvalue weighted by Crippen LogP contribution is -2.70. The van der Waals surface area contributed by atoms with Gasteiger partial charge >= 0.3 is 12.1 Å². The van der Waals surface area contributed by atoms with Crippen molar-refractivity contribution >= 4 is 18.0 Å². The molecule has 1 spiro atoms. The fourth-order valence-corrected chi connectivity index (χ4v) is 9.16. The van der Waals surface area contributed by atoms with Crippen LogP contribution in [0.5, 0.6) is 0 Å². The number of quaternary nitrogens is 1. The van der Waals surface area contributed by atoms with Gasteiger partial charge in [-0.05, 0) is 30.1 Å². The summed E-state index contributed by atoms with van der Waals surface area (Å²) in [6.07, 6.45) is -0.322. The second kappa shape index (κ2) is 10.2. The molecule has 43 heavy (non-hydrogen) atoms. The molecule has 7 atom stereocenters. The second-order valence-electron chi connectivity index (χ2n) is 13.6. The number of ether oxygens (including phenoxy) is 2. The molecule has 2 heterocycles. The monoisotopic (exact) mass is 601 g/mol. The number of carbonyl (C=O) groups is 2. The van der Waals surface area contributed by atoms with E-state index in [0.29, 0.717) is 12.3 Å². The predicted octanol–water partition coefficient (Wildman–Crippen LogP) is 5.59. The van der Waals surface area contributed by atoms with Gasteiger partial charge in [0.1, 0.15) is 17.4 Å². The summed E-state index contributed by atoms with van der Waals surface area (Å²) in [7, 11) is 2.30. The lowest BCUT2D eigenvalue weighted by Gasteiger charge is -2.62. The SMILES string of the molecule is CC(=O)OC1(NC(=O)C(=Cc2ccccc2)C(F)(F)F)C=C(O)C2=C3C1O[C@H]1CCC[C@H]4[C@@H](C2)[N+](C)(CC(C)C)CC[C@]314. The number of hydrogen-bond acceptors (Lipinski definition) is 5. The zero-order valence-corrected chi connectivity index (χ0v) is 25.0. The van der Waals surface area contributed by atoms with Crippen molar-refractivity contribution in [3.63, 3.8) is 0 Å². The maximum atomic E-state index is 14.3. The number of nitrogens with zero attached hydrogens (tertiary/aromatic N) is 1. The smallest absolute Gasteiger partial charge is 0.421 e. The summed E-state index contributed by atoms with van der Waals surface area (Å²) in [5.74, 6) is -1.75. The molecule has 3 aliphatic carbocycles.